The van der Waals surface area contributed by atoms with E-state index in [1.54, 1.807) is 24.9 Å². The Hall–Kier alpha value is -0.590. The van der Waals surface area contributed by atoms with Gasteiger partial charge in [-0.2, -0.15) is 0 Å². The van der Waals surface area contributed by atoms with Crippen molar-refractivity contribution < 1.29 is 9.53 Å². The maximum atomic E-state index is 11.9. The van der Waals surface area contributed by atoms with E-state index in [1.807, 2.05) is 12.1 Å². The average molecular weight is 345 g/mol. The molecular formula is C13H17BrN2O2S. The van der Waals surface area contributed by atoms with E-state index >= 15 is 0 Å². The number of ether oxygens (including phenoxy) is 1. The summed E-state index contributed by atoms with van der Waals surface area (Å²) < 4.78 is 6.03. The van der Waals surface area contributed by atoms with Crippen LogP contribution in [-0.4, -0.2) is 28.3 Å². The molecule has 1 aromatic rings. The van der Waals surface area contributed by atoms with Crippen LogP contribution in [0.15, 0.2) is 27.8 Å². The Morgan fingerprint density at radius 1 is 1.74 bits per heavy atom. The smallest absolute Gasteiger partial charge is 0.326 e. The molecule has 0 aliphatic heterocycles. The highest BCUT2D eigenvalue weighted by molar-refractivity contribution is 9.10. The van der Waals surface area contributed by atoms with Crippen LogP contribution in [0.4, 0.5) is 0 Å². The number of esters is 1. The van der Waals surface area contributed by atoms with Gasteiger partial charge in [-0.05, 0) is 54.2 Å². The van der Waals surface area contributed by atoms with E-state index in [0.717, 1.165) is 15.9 Å². The number of hydrogen-bond donors (Lipinski definition) is 1. The average Bonchev–Trinajstić information content (AvgIpc) is 2.76. The van der Waals surface area contributed by atoms with Crippen LogP contribution >= 0.6 is 27.7 Å². The zero-order chi connectivity index (χ0) is 13.9. The van der Waals surface area contributed by atoms with Gasteiger partial charge in [0.2, 0.25) is 0 Å². The van der Waals surface area contributed by atoms with E-state index in [9.17, 15) is 4.79 Å². The minimum absolute atomic E-state index is 0.279. The fraction of sp³-hybridized carbons (Fsp3) is 0.538. The van der Waals surface area contributed by atoms with Crippen LogP contribution in [0.3, 0.4) is 0 Å². The zero-order valence-corrected chi connectivity index (χ0v) is 13.2. The van der Waals surface area contributed by atoms with Crippen molar-refractivity contribution in [3.63, 3.8) is 0 Å². The molecule has 0 bridgehead atoms. The summed E-state index contributed by atoms with van der Waals surface area (Å²) in [5, 5.41) is 1.25. The highest BCUT2D eigenvalue weighted by Gasteiger charge is 2.43. The maximum Gasteiger partial charge on any atom is 0.326 e. The summed E-state index contributed by atoms with van der Waals surface area (Å²) in [6, 6.07) is 3.85. The van der Waals surface area contributed by atoms with Gasteiger partial charge in [-0.25, -0.2) is 4.98 Å². The molecule has 1 aliphatic rings. The molecule has 6 heteroatoms. The van der Waals surface area contributed by atoms with Gasteiger partial charge in [0, 0.05) is 15.9 Å². The predicted molar refractivity (Wildman–Crippen MR) is 79.0 cm³/mol. The molecule has 1 saturated carbocycles. The Labute approximate surface area is 125 Å². The number of hydrogen-bond acceptors (Lipinski definition) is 5. The lowest BCUT2D eigenvalue weighted by Crippen LogP contribution is -2.47. The second-order valence-electron chi connectivity index (χ2n) is 4.65. The van der Waals surface area contributed by atoms with E-state index < -0.39 is 5.54 Å². The minimum Gasteiger partial charge on any atom is -0.465 e. The molecule has 4 nitrogen and oxygen atoms in total. The molecule has 1 aromatic heterocycles. The van der Waals surface area contributed by atoms with Crippen LogP contribution in [0.25, 0.3) is 0 Å². The number of halogens is 1. The molecule has 2 unspecified atom stereocenters. The number of carbonyl (C=O) groups is 1. The molecular weight excluding hydrogens is 328 g/mol. The SMILES string of the molecule is CCOC(=O)C1(N)CCC(Sc2ncccc2Br)C1. The van der Waals surface area contributed by atoms with E-state index in [1.165, 1.54) is 0 Å². The minimum atomic E-state index is -0.824. The van der Waals surface area contributed by atoms with Crippen molar-refractivity contribution in [2.75, 3.05) is 6.61 Å². The first-order valence-corrected chi connectivity index (χ1v) is 7.95. The third kappa shape index (κ3) is 3.49. The first-order chi connectivity index (χ1) is 9.05. The van der Waals surface area contributed by atoms with Crippen LogP contribution in [-0.2, 0) is 9.53 Å². The second kappa shape index (κ2) is 6.24. The van der Waals surface area contributed by atoms with Gasteiger partial charge in [0.1, 0.15) is 10.6 Å². The Kier molecular flexibility index (Phi) is 4.86. The summed E-state index contributed by atoms with van der Waals surface area (Å²) >= 11 is 5.15. The monoisotopic (exact) mass is 344 g/mol. The van der Waals surface area contributed by atoms with Gasteiger partial charge in [-0.3, -0.25) is 4.79 Å². The first-order valence-electron chi connectivity index (χ1n) is 6.28. The van der Waals surface area contributed by atoms with Crippen molar-refractivity contribution >= 4 is 33.7 Å². The van der Waals surface area contributed by atoms with Gasteiger partial charge in [0.25, 0.3) is 0 Å². The van der Waals surface area contributed by atoms with E-state index in [-0.39, 0.29) is 5.97 Å². The van der Waals surface area contributed by atoms with Gasteiger partial charge in [0.05, 0.1) is 6.61 Å². The van der Waals surface area contributed by atoms with Crippen molar-refractivity contribution in [1.29, 1.82) is 0 Å². The van der Waals surface area contributed by atoms with Crippen molar-refractivity contribution in [2.45, 2.75) is 42.0 Å². The van der Waals surface area contributed by atoms with Crippen LogP contribution in [0, 0.1) is 0 Å². The van der Waals surface area contributed by atoms with Crippen LogP contribution < -0.4 is 5.73 Å². The largest absolute Gasteiger partial charge is 0.465 e. The summed E-state index contributed by atoms with van der Waals surface area (Å²) in [4.78, 5) is 16.2. The van der Waals surface area contributed by atoms with E-state index in [2.05, 4.69) is 20.9 Å². The van der Waals surface area contributed by atoms with Crippen LogP contribution in [0.1, 0.15) is 26.2 Å². The van der Waals surface area contributed by atoms with E-state index in [0.29, 0.717) is 24.7 Å². The Balaban J connectivity index is 1.99. The van der Waals surface area contributed by atoms with E-state index in [4.69, 9.17) is 10.5 Å². The molecule has 19 heavy (non-hydrogen) atoms. The Morgan fingerprint density at radius 3 is 3.21 bits per heavy atom. The highest BCUT2D eigenvalue weighted by atomic mass is 79.9. The molecule has 0 aromatic carbocycles. The lowest BCUT2D eigenvalue weighted by Gasteiger charge is -2.21. The third-order valence-electron chi connectivity index (χ3n) is 3.19. The van der Waals surface area contributed by atoms with Crippen molar-refractivity contribution in [3.05, 3.63) is 22.8 Å². The predicted octanol–water partition coefficient (Wildman–Crippen LogP) is 2.75. The summed E-state index contributed by atoms with van der Waals surface area (Å²) in [6.07, 6.45) is 3.99. The fourth-order valence-electron chi connectivity index (χ4n) is 2.21. The normalized spacial score (nSPS) is 26.4. The molecule has 0 radical (unpaired) electrons. The van der Waals surface area contributed by atoms with Crippen LogP contribution in [0.2, 0.25) is 0 Å². The van der Waals surface area contributed by atoms with Gasteiger partial charge in [-0.1, -0.05) is 0 Å². The Bertz CT molecular complexity index is 472. The zero-order valence-electron chi connectivity index (χ0n) is 10.8. The summed E-state index contributed by atoms with van der Waals surface area (Å²) in [7, 11) is 0. The lowest BCUT2D eigenvalue weighted by molar-refractivity contribution is -0.149. The van der Waals surface area contributed by atoms with Crippen molar-refractivity contribution in [3.8, 4) is 0 Å². The number of pyridine rings is 1. The fourth-order valence-corrected chi connectivity index (χ4v) is 3.98. The molecule has 1 fully saturated rings. The Morgan fingerprint density at radius 2 is 2.53 bits per heavy atom. The molecule has 2 atom stereocenters. The molecule has 104 valence electrons. The highest BCUT2D eigenvalue weighted by Crippen LogP contribution is 2.40. The molecule has 2 N–H and O–H groups in total. The quantitative estimate of drug-likeness (QED) is 0.850. The van der Waals surface area contributed by atoms with Gasteiger partial charge in [-0.15, -0.1) is 11.8 Å². The molecule has 1 heterocycles. The van der Waals surface area contributed by atoms with Crippen molar-refractivity contribution in [2.24, 2.45) is 5.73 Å². The summed E-state index contributed by atoms with van der Waals surface area (Å²) in [6.45, 7) is 2.18. The molecule has 2 rings (SSSR count). The summed E-state index contributed by atoms with van der Waals surface area (Å²) in [5.41, 5.74) is 5.33. The van der Waals surface area contributed by atoms with Crippen molar-refractivity contribution in [1.82, 2.24) is 4.98 Å². The number of aromatic nitrogens is 1. The maximum absolute atomic E-state index is 11.9. The third-order valence-corrected chi connectivity index (χ3v) is 5.38. The lowest BCUT2D eigenvalue weighted by atomic mass is 10.00. The molecule has 0 saturated heterocycles. The van der Waals surface area contributed by atoms with Gasteiger partial charge < -0.3 is 10.5 Å². The van der Waals surface area contributed by atoms with Crippen LogP contribution in [0.5, 0.6) is 0 Å². The number of carbonyl (C=O) groups excluding carboxylic acids is 1. The second-order valence-corrected chi connectivity index (χ2v) is 6.79. The molecule has 0 amide bonds. The molecule has 0 spiro atoms. The summed E-state index contributed by atoms with van der Waals surface area (Å²) in [5.74, 6) is -0.279. The number of rotatable bonds is 4. The number of nitrogens with zero attached hydrogens (tertiary/aromatic N) is 1. The first kappa shape index (κ1) is 14.8. The van der Waals surface area contributed by atoms with Gasteiger partial charge in [0.15, 0.2) is 0 Å². The topological polar surface area (TPSA) is 65.2 Å². The molecule has 1 aliphatic carbocycles. The standard InChI is InChI=1S/C13H17BrN2O2S/c1-2-18-12(17)13(15)6-5-9(8-13)19-11-10(14)4-3-7-16-11/h3-4,7,9H,2,5-6,8,15H2,1H3. The number of thioether (sulfide) groups is 1. The number of nitrogens with two attached hydrogens (primary N) is 1. The van der Waals surface area contributed by atoms with Gasteiger partial charge >= 0.3 is 5.97 Å².